The quantitative estimate of drug-likeness (QED) is 0.764. The fraction of sp³-hybridized carbons (Fsp3) is 0.500. The zero-order valence-electron chi connectivity index (χ0n) is 15.1. The third-order valence-electron chi connectivity index (χ3n) is 5.03. The molecule has 1 aromatic carbocycles. The lowest BCUT2D eigenvalue weighted by Crippen LogP contribution is -2.30. The molecule has 2 aromatic rings. The zero-order valence-corrected chi connectivity index (χ0v) is 15.8. The second-order valence-corrected chi connectivity index (χ2v) is 7.00. The van der Waals surface area contributed by atoms with Crippen molar-refractivity contribution in [3.63, 3.8) is 0 Å². The molecule has 1 aliphatic carbocycles. The van der Waals surface area contributed by atoms with Crippen LogP contribution in [0.4, 0.5) is 0 Å². The van der Waals surface area contributed by atoms with Gasteiger partial charge in [0, 0.05) is 22.6 Å². The maximum Gasteiger partial charge on any atom is 0.252 e. The highest BCUT2D eigenvalue weighted by molar-refractivity contribution is 6.31. The molecule has 0 aliphatic heterocycles. The lowest BCUT2D eigenvalue weighted by molar-refractivity contribution is 0.0952. The molecule has 0 spiro atoms. The summed E-state index contributed by atoms with van der Waals surface area (Å²) in [5.41, 5.74) is 3.82. The SMILES string of the molecule is CCN(CC)CCCNC(=O)c1c2c(nc3ccc(Cl)cc13)CCC2. The molecule has 3 rings (SSSR count). The van der Waals surface area contributed by atoms with E-state index in [1.54, 1.807) is 0 Å². The number of carbonyl (C=O) groups is 1. The van der Waals surface area contributed by atoms with Crippen molar-refractivity contribution in [1.29, 1.82) is 0 Å². The van der Waals surface area contributed by atoms with Crippen LogP contribution < -0.4 is 5.32 Å². The molecule has 0 radical (unpaired) electrons. The minimum Gasteiger partial charge on any atom is -0.352 e. The van der Waals surface area contributed by atoms with E-state index >= 15 is 0 Å². The monoisotopic (exact) mass is 359 g/mol. The molecule has 0 bridgehead atoms. The number of hydrogen-bond acceptors (Lipinski definition) is 3. The van der Waals surface area contributed by atoms with Gasteiger partial charge in [0.15, 0.2) is 0 Å². The van der Waals surface area contributed by atoms with E-state index in [0.717, 1.165) is 73.0 Å². The van der Waals surface area contributed by atoms with Gasteiger partial charge in [-0.3, -0.25) is 9.78 Å². The van der Waals surface area contributed by atoms with E-state index in [2.05, 4.69) is 24.1 Å². The van der Waals surface area contributed by atoms with Gasteiger partial charge in [0.05, 0.1) is 11.1 Å². The number of benzene rings is 1. The summed E-state index contributed by atoms with van der Waals surface area (Å²) < 4.78 is 0. The van der Waals surface area contributed by atoms with Gasteiger partial charge < -0.3 is 10.2 Å². The Hall–Kier alpha value is -1.65. The van der Waals surface area contributed by atoms with Crippen molar-refractivity contribution in [2.45, 2.75) is 39.5 Å². The molecule has 1 heterocycles. The maximum atomic E-state index is 12.9. The van der Waals surface area contributed by atoms with Crippen molar-refractivity contribution in [3.05, 3.63) is 40.0 Å². The van der Waals surface area contributed by atoms with Crippen LogP contribution in [-0.4, -0.2) is 42.0 Å². The van der Waals surface area contributed by atoms with Crippen LogP contribution in [0.1, 0.15) is 48.3 Å². The Balaban J connectivity index is 1.80. The topological polar surface area (TPSA) is 45.2 Å². The van der Waals surface area contributed by atoms with E-state index < -0.39 is 0 Å². The average molecular weight is 360 g/mol. The summed E-state index contributed by atoms with van der Waals surface area (Å²) in [5.74, 6) is 0.00682. The lowest BCUT2D eigenvalue weighted by atomic mass is 10.0. The second-order valence-electron chi connectivity index (χ2n) is 6.56. The Kier molecular flexibility index (Phi) is 5.92. The molecular formula is C20H26ClN3O. The summed E-state index contributed by atoms with van der Waals surface area (Å²) in [6.07, 6.45) is 3.90. The van der Waals surface area contributed by atoms with Crippen LogP contribution in [0, 0.1) is 0 Å². The van der Waals surface area contributed by atoms with E-state index in [4.69, 9.17) is 16.6 Å². The number of rotatable bonds is 7. The van der Waals surface area contributed by atoms with Gasteiger partial charge in [-0.1, -0.05) is 25.4 Å². The molecular weight excluding hydrogens is 334 g/mol. The summed E-state index contributed by atoms with van der Waals surface area (Å²) in [6.45, 7) is 8.12. The van der Waals surface area contributed by atoms with Crippen molar-refractivity contribution in [2.24, 2.45) is 0 Å². The third-order valence-corrected chi connectivity index (χ3v) is 5.27. The molecule has 5 heteroatoms. The minimum atomic E-state index is 0.00682. The van der Waals surface area contributed by atoms with Crippen LogP contribution in [0.3, 0.4) is 0 Å². The highest BCUT2D eigenvalue weighted by Crippen LogP contribution is 2.31. The Morgan fingerprint density at radius 1 is 1.28 bits per heavy atom. The van der Waals surface area contributed by atoms with Crippen LogP contribution in [0.15, 0.2) is 18.2 Å². The molecule has 134 valence electrons. The Morgan fingerprint density at radius 2 is 2.08 bits per heavy atom. The van der Waals surface area contributed by atoms with E-state index in [1.165, 1.54) is 0 Å². The molecule has 4 nitrogen and oxygen atoms in total. The predicted molar refractivity (Wildman–Crippen MR) is 104 cm³/mol. The molecule has 1 aliphatic rings. The van der Waals surface area contributed by atoms with Crippen molar-refractivity contribution < 1.29 is 4.79 Å². The first kappa shape index (κ1) is 18.2. The van der Waals surface area contributed by atoms with Gasteiger partial charge in [-0.05, 0) is 69.1 Å². The van der Waals surface area contributed by atoms with E-state index in [0.29, 0.717) is 11.6 Å². The summed E-state index contributed by atoms with van der Waals surface area (Å²) in [5, 5.41) is 4.62. The molecule has 0 unspecified atom stereocenters. The van der Waals surface area contributed by atoms with Gasteiger partial charge in [0.1, 0.15) is 0 Å². The number of pyridine rings is 1. The first-order chi connectivity index (χ1) is 12.1. The molecule has 0 fully saturated rings. The zero-order chi connectivity index (χ0) is 17.8. The van der Waals surface area contributed by atoms with Crippen molar-refractivity contribution in [2.75, 3.05) is 26.2 Å². The van der Waals surface area contributed by atoms with Crippen LogP contribution >= 0.6 is 11.6 Å². The highest BCUT2D eigenvalue weighted by atomic mass is 35.5. The predicted octanol–water partition coefficient (Wildman–Crippen LogP) is 3.84. The number of nitrogens with one attached hydrogen (secondary N) is 1. The van der Waals surface area contributed by atoms with Gasteiger partial charge >= 0.3 is 0 Å². The van der Waals surface area contributed by atoms with Crippen molar-refractivity contribution in [1.82, 2.24) is 15.2 Å². The fourth-order valence-corrected chi connectivity index (χ4v) is 3.80. The standard InChI is InChI=1S/C20H26ClN3O/c1-3-24(4-2)12-6-11-22-20(25)19-15-7-5-8-17(15)23-18-10-9-14(21)13-16(18)19/h9-10,13H,3-8,11-12H2,1-2H3,(H,22,25). The molecule has 25 heavy (non-hydrogen) atoms. The number of amides is 1. The number of aromatic nitrogens is 1. The van der Waals surface area contributed by atoms with Gasteiger partial charge in [0.2, 0.25) is 0 Å². The van der Waals surface area contributed by atoms with E-state index in [1.807, 2.05) is 18.2 Å². The molecule has 1 aromatic heterocycles. The summed E-state index contributed by atoms with van der Waals surface area (Å²) in [4.78, 5) is 20.0. The van der Waals surface area contributed by atoms with E-state index in [-0.39, 0.29) is 5.91 Å². The first-order valence-corrected chi connectivity index (χ1v) is 9.63. The summed E-state index contributed by atoms with van der Waals surface area (Å²) >= 11 is 6.17. The Bertz CT molecular complexity index is 771. The molecule has 0 saturated heterocycles. The van der Waals surface area contributed by atoms with Crippen molar-refractivity contribution >= 4 is 28.4 Å². The number of aryl methyl sites for hydroxylation is 1. The minimum absolute atomic E-state index is 0.00682. The average Bonchev–Trinajstić information content (AvgIpc) is 3.07. The highest BCUT2D eigenvalue weighted by Gasteiger charge is 2.23. The van der Waals surface area contributed by atoms with Crippen LogP contribution in [0.25, 0.3) is 10.9 Å². The molecule has 0 saturated carbocycles. The van der Waals surface area contributed by atoms with E-state index in [9.17, 15) is 4.79 Å². The fourth-order valence-electron chi connectivity index (χ4n) is 3.63. The summed E-state index contributed by atoms with van der Waals surface area (Å²) in [7, 11) is 0. The van der Waals surface area contributed by atoms with Gasteiger partial charge in [-0.15, -0.1) is 0 Å². The Morgan fingerprint density at radius 3 is 2.84 bits per heavy atom. The van der Waals surface area contributed by atoms with Gasteiger partial charge in [-0.2, -0.15) is 0 Å². The van der Waals surface area contributed by atoms with Crippen LogP contribution in [-0.2, 0) is 12.8 Å². The maximum absolute atomic E-state index is 12.9. The number of halogens is 1. The van der Waals surface area contributed by atoms with Gasteiger partial charge in [0.25, 0.3) is 5.91 Å². The van der Waals surface area contributed by atoms with Crippen LogP contribution in [0.2, 0.25) is 5.02 Å². The third kappa shape index (κ3) is 3.96. The largest absolute Gasteiger partial charge is 0.352 e. The molecule has 0 atom stereocenters. The molecule has 1 amide bonds. The smallest absolute Gasteiger partial charge is 0.252 e. The second kappa shape index (κ2) is 8.15. The lowest BCUT2D eigenvalue weighted by Gasteiger charge is -2.18. The van der Waals surface area contributed by atoms with Gasteiger partial charge in [-0.25, -0.2) is 0 Å². The normalized spacial score (nSPS) is 13.4. The molecule has 1 N–H and O–H groups in total. The van der Waals surface area contributed by atoms with Crippen LogP contribution in [0.5, 0.6) is 0 Å². The number of carbonyl (C=O) groups excluding carboxylic acids is 1. The number of fused-ring (bicyclic) bond motifs is 2. The Labute approximate surface area is 154 Å². The van der Waals surface area contributed by atoms with Crippen molar-refractivity contribution in [3.8, 4) is 0 Å². The summed E-state index contributed by atoms with van der Waals surface area (Å²) in [6, 6.07) is 5.62. The number of nitrogens with zero attached hydrogens (tertiary/aromatic N) is 2. The number of hydrogen-bond donors (Lipinski definition) is 1. The first-order valence-electron chi connectivity index (χ1n) is 9.25.